The van der Waals surface area contributed by atoms with Crippen molar-refractivity contribution in [3.05, 3.63) is 17.7 Å². The van der Waals surface area contributed by atoms with E-state index >= 15 is 0 Å². The van der Waals surface area contributed by atoms with Crippen LogP contribution in [0, 0.1) is 5.92 Å². The Morgan fingerprint density at radius 1 is 1.43 bits per heavy atom. The summed E-state index contributed by atoms with van der Waals surface area (Å²) >= 11 is 0. The highest BCUT2D eigenvalue weighted by atomic mass is 15.3. The Bertz CT molecular complexity index is 351. The van der Waals surface area contributed by atoms with E-state index in [0.717, 1.165) is 18.2 Å². The van der Waals surface area contributed by atoms with Crippen LogP contribution in [0.2, 0.25) is 0 Å². The lowest BCUT2D eigenvalue weighted by Crippen LogP contribution is -2.05. The fourth-order valence-electron chi connectivity index (χ4n) is 2.12. The summed E-state index contributed by atoms with van der Waals surface area (Å²) in [6.07, 6.45) is 6.25. The van der Waals surface area contributed by atoms with Crippen LogP contribution in [0.25, 0.3) is 6.20 Å². The van der Waals surface area contributed by atoms with E-state index in [1.807, 2.05) is 18.5 Å². The van der Waals surface area contributed by atoms with Crippen molar-refractivity contribution in [2.45, 2.75) is 39.5 Å². The number of hydrogen-bond donors (Lipinski definition) is 0. The summed E-state index contributed by atoms with van der Waals surface area (Å²) in [5.41, 5.74) is 1.54. The second-order valence-corrected chi connectivity index (χ2v) is 3.57. The van der Waals surface area contributed by atoms with Gasteiger partial charge in [-0.3, -0.25) is 0 Å². The van der Waals surface area contributed by atoms with Crippen LogP contribution in [0.4, 0.5) is 0 Å². The van der Waals surface area contributed by atoms with E-state index in [1.54, 1.807) is 6.33 Å². The summed E-state index contributed by atoms with van der Waals surface area (Å²) in [6.45, 7) is 6.21. The molecule has 2 heterocycles. The highest BCUT2D eigenvalue weighted by Gasteiger charge is 2.45. The number of aromatic nitrogens is 3. The Morgan fingerprint density at radius 2 is 2.21 bits per heavy atom. The van der Waals surface area contributed by atoms with Gasteiger partial charge in [0.05, 0.1) is 0 Å². The first-order chi connectivity index (χ1) is 6.90. The predicted molar refractivity (Wildman–Crippen MR) is 56.8 cm³/mol. The molecule has 1 aromatic rings. The Labute approximate surface area is 84.8 Å². The molecule has 1 aromatic heterocycles. The molecule has 1 fully saturated rings. The van der Waals surface area contributed by atoms with Crippen molar-refractivity contribution in [3.8, 4) is 0 Å². The minimum Gasteiger partial charge on any atom is -0.225 e. The smallest absolute Gasteiger partial charge is 0.138 e. The van der Waals surface area contributed by atoms with Crippen LogP contribution < -0.4 is 0 Å². The van der Waals surface area contributed by atoms with Crippen molar-refractivity contribution in [3.63, 3.8) is 0 Å². The van der Waals surface area contributed by atoms with Gasteiger partial charge in [0, 0.05) is 12.1 Å². The van der Waals surface area contributed by atoms with E-state index in [-0.39, 0.29) is 0 Å². The molecule has 14 heavy (non-hydrogen) atoms. The molecular formula is C11H17N3. The van der Waals surface area contributed by atoms with E-state index in [9.17, 15) is 0 Å². The molecule has 0 bridgehead atoms. The van der Waals surface area contributed by atoms with Crippen molar-refractivity contribution >= 4 is 6.20 Å². The maximum absolute atomic E-state index is 4.26. The molecule has 1 saturated carbocycles. The van der Waals surface area contributed by atoms with Gasteiger partial charge in [-0.25, -0.2) is 9.67 Å². The highest BCUT2D eigenvalue weighted by molar-refractivity contribution is 5.43. The molecule has 2 unspecified atom stereocenters. The van der Waals surface area contributed by atoms with Crippen LogP contribution in [0.3, 0.4) is 0 Å². The predicted octanol–water partition coefficient (Wildman–Crippen LogP) is 2.67. The maximum Gasteiger partial charge on any atom is 0.138 e. The highest BCUT2D eigenvalue weighted by Crippen LogP contribution is 2.54. The van der Waals surface area contributed by atoms with Gasteiger partial charge in [0.25, 0.3) is 0 Å². The molecule has 0 radical (unpaired) electrons. The minimum atomic E-state index is 0.687. The quantitative estimate of drug-likeness (QED) is 0.683. The third-order valence-electron chi connectivity index (χ3n) is 2.90. The Morgan fingerprint density at radius 3 is 2.93 bits per heavy atom. The molecule has 2 aliphatic rings. The topological polar surface area (TPSA) is 30.7 Å². The lowest BCUT2D eigenvalue weighted by molar-refractivity contribution is 0.744. The van der Waals surface area contributed by atoms with Gasteiger partial charge in [-0.15, -0.1) is 0 Å². The average molecular weight is 191 g/mol. The molecule has 0 aromatic carbocycles. The summed E-state index contributed by atoms with van der Waals surface area (Å²) in [6, 6.07) is 0. The van der Waals surface area contributed by atoms with Crippen molar-refractivity contribution < 1.29 is 0 Å². The minimum absolute atomic E-state index is 0.687. The number of allylic oxidation sites excluding steroid dienone is 1. The fourth-order valence-corrected chi connectivity index (χ4v) is 2.12. The Kier molecular flexibility index (Phi) is 2.40. The first-order valence-electron chi connectivity index (χ1n) is 5.50. The molecule has 0 spiro atoms. The maximum atomic E-state index is 4.26. The van der Waals surface area contributed by atoms with E-state index in [0.29, 0.717) is 5.92 Å². The Hall–Kier alpha value is -1.12. The summed E-state index contributed by atoms with van der Waals surface area (Å²) in [5, 5.41) is 4.16. The van der Waals surface area contributed by atoms with E-state index < -0.39 is 0 Å². The standard InChI is InChI=1S/C9H11N3.C2H6/c1-2-6-4-12-9(10-5-11-12)8-3-7(6)8;1-2/h4-5,7-8H,2-3H2,1H3;1-2H3. The zero-order chi connectivity index (χ0) is 10.1. The van der Waals surface area contributed by atoms with Crippen LogP contribution in [0.5, 0.6) is 0 Å². The van der Waals surface area contributed by atoms with Crippen LogP contribution >= 0.6 is 0 Å². The van der Waals surface area contributed by atoms with Gasteiger partial charge in [0.15, 0.2) is 0 Å². The molecular weight excluding hydrogens is 174 g/mol. The van der Waals surface area contributed by atoms with Gasteiger partial charge in [-0.05, 0) is 24.3 Å². The van der Waals surface area contributed by atoms with Gasteiger partial charge in [0.2, 0.25) is 0 Å². The molecule has 3 nitrogen and oxygen atoms in total. The van der Waals surface area contributed by atoms with Crippen LogP contribution in [-0.2, 0) is 0 Å². The van der Waals surface area contributed by atoms with E-state index in [2.05, 4.69) is 23.2 Å². The second-order valence-electron chi connectivity index (χ2n) is 3.57. The number of rotatable bonds is 1. The lowest BCUT2D eigenvalue weighted by atomic mass is 10.1. The monoisotopic (exact) mass is 191 g/mol. The molecule has 76 valence electrons. The summed E-state index contributed by atoms with van der Waals surface area (Å²) in [4.78, 5) is 4.26. The molecule has 1 aliphatic carbocycles. The van der Waals surface area contributed by atoms with Gasteiger partial charge in [-0.1, -0.05) is 20.8 Å². The summed E-state index contributed by atoms with van der Waals surface area (Å²) < 4.78 is 1.94. The first-order valence-corrected chi connectivity index (χ1v) is 5.50. The van der Waals surface area contributed by atoms with Crippen LogP contribution in [0.1, 0.15) is 45.4 Å². The van der Waals surface area contributed by atoms with E-state index in [4.69, 9.17) is 0 Å². The summed E-state index contributed by atoms with van der Waals surface area (Å²) in [7, 11) is 0. The molecule has 3 heteroatoms. The van der Waals surface area contributed by atoms with E-state index in [1.165, 1.54) is 12.0 Å². The van der Waals surface area contributed by atoms with Crippen molar-refractivity contribution in [2.24, 2.45) is 5.92 Å². The van der Waals surface area contributed by atoms with Gasteiger partial charge < -0.3 is 0 Å². The number of nitrogens with zero attached hydrogens (tertiary/aromatic N) is 3. The SMILES string of the molecule is CC.CCC1=Cn2ncnc2C2CC12. The Balaban J connectivity index is 0.000000354. The average Bonchev–Trinajstić information content (AvgIpc) is 2.92. The second kappa shape index (κ2) is 3.56. The zero-order valence-electron chi connectivity index (χ0n) is 9.07. The third kappa shape index (κ3) is 1.27. The van der Waals surface area contributed by atoms with Crippen molar-refractivity contribution in [1.29, 1.82) is 0 Å². The molecule has 2 atom stereocenters. The van der Waals surface area contributed by atoms with Gasteiger partial charge in [-0.2, -0.15) is 5.10 Å². The number of fused-ring (bicyclic) bond motifs is 3. The molecule has 0 amide bonds. The van der Waals surface area contributed by atoms with Gasteiger partial charge in [0.1, 0.15) is 12.2 Å². The molecule has 3 rings (SSSR count). The summed E-state index contributed by atoms with van der Waals surface area (Å²) in [5.74, 6) is 2.65. The fraction of sp³-hybridized carbons (Fsp3) is 0.636. The van der Waals surface area contributed by atoms with Crippen LogP contribution in [0.15, 0.2) is 11.9 Å². The normalized spacial score (nSPS) is 26.6. The lowest BCUT2D eigenvalue weighted by Gasteiger charge is -2.10. The molecule has 0 N–H and O–H groups in total. The zero-order valence-corrected chi connectivity index (χ0v) is 9.07. The first kappa shape index (κ1) is 9.44. The molecule has 0 saturated heterocycles. The van der Waals surface area contributed by atoms with Crippen molar-refractivity contribution in [1.82, 2.24) is 14.8 Å². The molecule has 1 aliphatic heterocycles. The van der Waals surface area contributed by atoms with Crippen molar-refractivity contribution in [2.75, 3.05) is 0 Å². The third-order valence-corrected chi connectivity index (χ3v) is 2.90. The van der Waals surface area contributed by atoms with Gasteiger partial charge >= 0.3 is 0 Å². The largest absolute Gasteiger partial charge is 0.225 e. The number of hydrogen-bond acceptors (Lipinski definition) is 2. The van der Waals surface area contributed by atoms with Crippen LogP contribution in [-0.4, -0.2) is 14.8 Å².